The first-order valence-electron chi connectivity index (χ1n) is 7.28. The summed E-state index contributed by atoms with van der Waals surface area (Å²) < 4.78 is 0. The Morgan fingerprint density at radius 2 is 2.22 bits per heavy atom. The van der Waals surface area contributed by atoms with Crippen LogP contribution in [0.1, 0.15) is 22.8 Å². The lowest BCUT2D eigenvalue weighted by atomic mass is 10.1. The van der Waals surface area contributed by atoms with E-state index in [0.29, 0.717) is 29.8 Å². The van der Waals surface area contributed by atoms with E-state index in [9.17, 15) is 14.9 Å². The van der Waals surface area contributed by atoms with Crippen LogP contribution < -0.4 is 4.90 Å². The molecule has 1 aliphatic heterocycles. The summed E-state index contributed by atoms with van der Waals surface area (Å²) in [5.74, 6) is 0.744. The summed E-state index contributed by atoms with van der Waals surface area (Å²) >= 11 is 1.61. The van der Waals surface area contributed by atoms with Gasteiger partial charge in [-0.25, -0.2) is 4.98 Å². The van der Waals surface area contributed by atoms with Crippen molar-refractivity contribution >= 4 is 29.0 Å². The Morgan fingerprint density at radius 1 is 1.39 bits per heavy atom. The van der Waals surface area contributed by atoms with Gasteiger partial charge in [-0.1, -0.05) is 13.0 Å². The van der Waals surface area contributed by atoms with Crippen molar-refractivity contribution in [2.75, 3.05) is 17.2 Å². The number of carbonyl (C=O) groups is 1. The molecule has 1 aromatic heterocycles. The van der Waals surface area contributed by atoms with Crippen LogP contribution in [0.3, 0.4) is 0 Å². The Bertz CT molecular complexity index is 762. The number of nitro groups is 1. The van der Waals surface area contributed by atoms with Crippen molar-refractivity contribution < 1.29 is 9.72 Å². The van der Waals surface area contributed by atoms with E-state index in [1.807, 2.05) is 13.0 Å². The van der Waals surface area contributed by atoms with Crippen molar-refractivity contribution in [3.05, 3.63) is 57.8 Å². The third kappa shape index (κ3) is 2.92. The summed E-state index contributed by atoms with van der Waals surface area (Å²) in [7, 11) is 0. The van der Waals surface area contributed by atoms with Gasteiger partial charge in [0.15, 0.2) is 0 Å². The summed E-state index contributed by atoms with van der Waals surface area (Å²) in [6.45, 7) is 2.49. The molecule has 0 radical (unpaired) electrons. The van der Waals surface area contributed by atoms with Gasteiger partial charge in [0.25, 0.3) is 11.6 Å². The Hall–Kier alpha value is -2.41. The molecule has 0 N–H and O–H groups in total. The molecule has 1 amide bonds. The maximum atomic E-state index is 12.7. The Kier molecular flexibility index (Phi) is 4.29. The predicted molar refractivity (Wildman–Crippen MR) is 89.1 cm³/mol. The first-order chi connectivity index (χ1) is 11.1. The zero-order valence-corrected chi connectivity index (χ0v) is 13.4. The quantitative estimate of drug-likeness (QED) is 0.489. The van der Waals surface area contributed by atoms with E-state index in [0.717, 1.165) is 10.8 Å². The number of nitrogens with zero attached hydrogens (tertiary/aromatic N) is 3. The highest BCUT2D eigenvalue weighted by Gasteiger charge is 2.30. The maximum absolute atomic E-state index is 12.7. The van der Waals surface area contributed by atoms with Crippen LogP contribution in [-0.2, 0) is 6.42 Å². The lowest BCUT2D eigenvalue weighted by Gasteiger charge is -2.17. The van der Waals surface area contributed by atoms with Crippen LogP contribution >= 0.6 is 11.8 Å². The zero-order valence-electron chi connectivity index (χ0n) is 12.6. The number of thioether (sulfide) groups is 1. The number of aromatic nitrogens is 1. The Balaban J connectivity index is 1.89. The lowest BCUT2D eigenvalue weighted by Crippen LogP contribution is -2.28. The van der Waals surface area contributed by atoms with Gasteiger partial charge in [-0.05, 0) is 30.4 Å². The van der Waals surface area contributed by atoms with Gasteiger partial charge in [-0.15, -0.1) is 11.8 Å². The van der Waals surface area contributed by atoms with Gasteiger partial charge in [-0.2, -0.15) is 0 Å². The fourth-order valence-corrected chi connectivity index (χ4v) is 3.28. The second kappa shape index (κ2) is 6.37. The van der Waals surface area contributed by atoms with Gasteiger partial charge in [-0.3, -0.25) is 14.9 Å². The van der Waals surface area contributed by atoms with E-state index < -0.39 is 4.92 Å². The number of hydrogen-bond donors (Lipinski definition) is 0. The number of carbonyl (C=O) groups excluding carboxylic acids is 1. The molecule has 1 aromatic carbocycles. The molecule has 0 fully saturated rings. The number of benzene rings is 1. The molecule has 2 heterocycles. The Morgan fingerprint density at radius 3 is 2.87 bits per heavy atom. The summed E-state index contributed by atoms with van der Waals surface area (Å²) in [5.41, 5.74) is 1.81. The first-order valence-corrected chi connectivity index (χ1v) is 8.27. The summed E-state index contributed by atoms with van der Waals surface area (Å²) in [6.07, 6.45) is 2.06. The predicted octanol–water partition coefficient (Wildman–Crippen LogP) is 3.30. The molecular formula is C16H15N3O3S. The minimum Gasteiger partial charge on any atom is -0.307 e. The van der Waals surface area contributed by atoms with Gasteiger partial charge >= 0.3 is 0 Å². The standard InChI is InChI=1S/C16H15N3O3S/c1-2-23-15-7-6-11(10-17-15)16(20)18-9-8-12-13(18)4-3-5-14(12)19(21)22/h3-7,10H,2,8-9H2,1H3. The molecular weight excluding hydrogens is 314 g/mol. The number of amides is 1. The van der Waals surface area contributed by atoms with E-state index in [-0.39, 0.29) is 11.6 Å². The number of hydrogen-bond acceptors (Lipinski definition) is 5. The van der Waals surface area contributed by atoms with E-state index in [4.69, 9.17) is 0 Å². The lowest BCUT2D eigenvalue weighted by molar-refractivity contribution is -0.385. The monoisotopic (exact) mass is 329 g/mol. The van der Waals surface area contributed by atoms with Crippen LogP contribution in [0.2, 0.25) is 0 Å². The second-order valence-electron chi connectivity index (χ2n) is 5.06. The summed E-state index contributed by atoms with van der Waals surface area (Å²) in [6, 6.07) is 8.42. The molecule has 2 aromatic rings. The molecule has 6 nitrogen and oxygen atoms in total. The number of fused-ring (bicyclic) bond motifs is 1. The fourth-order valence-electron chi connectivity index (χ4n) is 2.69. The summed E-state index contributed by atoms with van der Waals surface area (Å²) in [5, 5.41) is 12.0. The van der Waals surface area contributed by atoms with Gasteiger partial charge in [0.05, 0.1) is 26.8 Å². The number of anilines is 1. The molecule has 0 bridgehead atoms. The topological polar surface area (TPSA) is 76.3 Å². The fraction of sp³-hybridized carbons (Fsp3) is 0.250. The largest absolute Gasteiger partial charge is 0.307 e. The molecule has 0 spiro atoms. The third-order valence-electron chi connectivity index (χ3n) is 3.72. The molecule has 118 valence electrons. The van der Waals surface area contributed by atoms with Crippen molar-refractivity contribution in [1.82, 2.24) is 4.98 Å². The molecule has 0 saturated carbocycles. The van der Waals surface area contributed by atoms with Crippen LogP contribution in [0.4, 0.5) is 11.4 Å². The highest BCUT2D eigenvalue weighted by molar-refractivity contribution is 7.99. The highest BCUT2D eigenvalue weighted by atomic mass is 32.2. The van der Waals surface area contributed by atoms with Crippen LogP contribution in [0, 0.1) is 10.1 Å². The third-order valence-corrected chi connectivity index (χ3v) is 4.55. The van der Waals surface area contributed by atoms with Crippen LogP contribution in [0.15, 0.2) is 41.6 Å². The highest BCUT2D eigenvalue weighted by Crippen LogP contribution is 2.35. The Labute approximate surface area is 137 Å². The van der Waals surface area contributed by atoms with Crippen molar-refractivity contribution in [3.8, 4) is 0 Å². The molecule has 23 heavy (non-hydrogen) atoms. The van der Waals surface area contributed by atoms with Gasteiger partial charge < -0.3 is 4.90 Å². The van der Waals surface area contributed by atoms with E-state index >= 15 is 0 Å². The molecule has 0 atom stereocenters. The SMILES string of the molecule is CCSc1ccc(C(=O)N2CCc3c2cccc3[N+](=O)[O-])cn1. The molecule has 1 aliphatic rings. The van der Waals surface area contributed by atoms with E-state index in [2.05, 4.69) is 4.98 Å². The van der Waals surface area contributed by atoms with E-state index in [1.54, 1.807) is 41.1 Å². The average Bonchev–Trinajstić information content (AvgIpc) is 2.99. The van der Waals surface area contributed by atoms with E-state index in [1.165, 1.54) is 6.07 Å². The van der Waals surface area contributed by atoms with Crippen LogP contribution in [0.5, 0.6) is 0 Å². The molecule has 0 saturated heterocycles. The van der Waals surface area contributed by atoms with Crippen LogP contribution in [-0.4, -0.2) is 28.1 Å². The van der Waals surface area contributed by atoms with Gasteiger partial charge in [0, 0.05) is 18.8 Å². The zero-order chi connectivity index (χ0) is 16.4. The minimum atomic E-state index is -0.398. The normalized spacial score (nSPS) is 13.0. The molecule has 0 unspecified atom stereocenters. The maximum Gasteiger partial charge on any atom is 0.274 e. The number of pyridine rings is 1. The smallest absolute Gasteiger partial charge is 0.274 e. The van der Waals surface area contributed by atoms with Gasteiger partial charge in [0.1, 0.15) is 0 Å². The summed E-state index contributed by atoms with van der Waals surface area (Å²) in [4.78, 5) is 29.2. The minimum absolute atomic E-state index is 0.0746. The van der Waals surface area contributed by atoms with Gasteiger partial charge in [0.2, 0.25) is 0 Å². The molecule has 7 heteroatoms. The number of rotatable bonds is 4. The average molecular weight is 329 g/mol. The van der Waals surface area contributed by atoms with Crippen LogP contribution in [0.25, 0.3) is 0 Å². The molecule has 3 rings (SSSR count). The number of nitro benzene ring substituents is 1. The second-order valence-corrected chi connectivity index (χ2v) is 6.34. The van der Waals surface area contributed by atoms with Crippen molar-refractivity contribution in [3.63, 3.8) is 0 Å². The van der Waals surface area contributed by atoms with Crippen molar-refractivity contribution in [1.29, 1.82) is 0 Å². The van der Waals surface area contributed by atoms with Crippen molar-refractivity contribution in [2.45, 2.75) is 18.4 Å². The first kappa shape index (κ1) is 15.5. The van der Waals surface area contributed by atoms with Crippen molar-refractivity contribution in [2.24, 2.45) is 0 Å². The molecule has 0 aliphatic carbocycles.